The van der Waals surface area contributed by atoms with Crippen LogP contribution < -0.4 is 42.5 Å². The van der Waals surface area contributed by atoms with Gasteiger partial charge in [0.15, 0.2) is 6.54 Å². The minimum Gasteiger partial charge on any atom is -0.481 e. The summed E-state index contributed by atoms with van der Waals surface area (Å²) in [7, 11) is 8.68. The van der Waals surface area contributed by atoms with E-state index in [0.29, 0.717) is 17.7 Å². The smallest absolute Gasteiger partial charge is 0.326 e. The molecule has 25 nitrogen and oxygen atoms in total. The zero-order valence-corrected chi connectivity index (χ0v) is 42.7. The number of nitrogens with zero attached hydrogens (tertiary/aromatic N) is 3. The van der Waals surface area contributed by atoms with Crippen LogP contribution in [0.1, 0.15) is 65.9 Å². The van der Waals surface area contributed by atoms with Gasteiger partial charge < -0.3 is 77.2 Å². The van der Waals surface area contributed by atoms with E-state index in [9.17, 15) is 68.4 Å². The zero-order chi connectivity index (χ0) is 54.6. The molecule has 9 atom stereocenters. The molecule has 0 aliphatic carbocycles. The van der Waals surface area contributed by atoms with Crippen molar-refractivity contribution >= 4 is 59.2 Å². The van der Waals surface area contributed by atoms with E-state index < -0.39 is 133 Å². The number of hydrogen-bond donors (Lipinski definition) is 12. The second-order valence-electron chi connectivity index (χ2n) is 19.3. The maximum absolute atomic E-state index is 14.2. The van der Waals surface area contributed by atoms with Crippen LogP contribution in [-0.2, 0) is 54.4 Å². The second-order valence-corrected chi connectivity index (χ2v) is 19.3. The van der Waals surface area contributed by atoms with Crippen molar-refractivity contribution in [3.63, 3.8) is 0 Å². The first-order valence-electron chi connectivity index (χ1n) is 23.5. The molecule has 12 N–H and O–H groups in total. The van der Waals surface area contributed by atoms with E-state index in [1.807, 2.05) is 0 Å². The molecule has 0 saturated carbocycles. The van der Waals surface area contributed by atoms with Crippen molar-refractivity contribution in [2.24, 2.45) is 11.8 Å². The average Bonchev–Trinajstić information content (AvgIpc) is 3.61. The molecule has 1 aliphatic rings. The molecular weight excluding hydrogens is 943 g/mol. The number of aliphatic hydroxyl groups excluding tert-OH is 2. The SMILES string of the molecule is CC[C@H](C)[C@H](NC(=O)[C@H](C)NC(=O)[C@H](CO)NC(=O)[C@H](CC1=CN(C)[CH]N1C)NC(=O)[C@H](Cc1ccccc1)NC(=O)[C@H](CO)NC(=O)C[N+](C)(C)C)C(=O)N[C@@H](CC(=O)O)C(=O)N[C@@H](CC(C)C)C(=O)O. The Balaban J connectivity index is 2.34. The van der Waals surface area contributed by atoms with Crippen molar-refractivity contribution in [3.05, 3.63) is 54.5 Å². The summed E-state index contributed by atoms with van der Waals surface area (Å²) in [6.07, 6.45) is 0.789. The number of rotatable bonds is 30. The molecule has 1 aliphatic heterocycles. The lowest BCUT2D eigenvalue weighted by molar-refractivity contribution is -0.862. The largest absolute Gasteiger partial charge is 0.481 e. The third-order valence-corrected chi connectivity index (χ3v) is 11.3. The summed E-state index contributed by atoms with van der Waals surface area (Å²) in [5.41, 5.74) is 1.13. The molecule has 0 fully saturated rings. The lowest BCUT2D eigenvalue weighted by atomic mass is 9.97. The number of carbonyl (C=O) groups excluding carboxylic acids is 8. The maximum atomic E-state index is 14.2. The second kappa shape index (κ2) is 28.9. The lowest BCUT2D eigenvalue weighted by Gasteiger charge is -2.29. The summed E-state index contributed by atoms with van der Waals surface area (Å²) in [5.74, 6) is -10.9. The van der Waals surface area contributed by atoms with Gasteiger partial charge in [-0.1, -0.05) is 64.4 Å². The Morgan fingerprint density at radius 1 is 0.597 bits per heavy atom. The molecule has 25 heteroatoms. The Bertz CT molecular complexity index is 2100. The number of carboxylic acid groups (broad SMARTS) is 2. The predicted molar refractivity (Wildman–Crippen MR) is 260 cm³/mol. The van der Waals surface area contributed by atoms with Crippen LogP contribution in [0.3, 0.4) is 0 Å². The summed E-state index contributed by atoms with van der Waals surface area (Å²) in [6, 6.07) is -3.38. The van der Waals surface area contributed by atoms with Gasteiger partial charge in [0.2, 0.25) is 41.4 Å². The van der Waals surface area contributed by atoms with Crippen LogP contribution in [0.25, 0.3) is 0 Å². The van der Waals surface area contributed by atoms with E-state index in [4.69, 9.17) is 0 Å². The van der Waals surface area contributed by atoms with Gasteiger partial charge in [-0.15, -0.1) is 0 Å². The number of carbonyl (C=O) groups is 10. The van der Waals surface area contributed by atoms with Gasteiger partial charge in [-0.05, 0) is 30.7 Å². The van der Waals surface area contributed by atoms with Crippen molar-refractivity contribution in [3.8, 4) is 0 Å². The molecule has 8 amide bonds. The first kappa shape index (κ1) is 61.3. The van der Waals surface area contributed by atoms with Crippen LogP contribution in [0, 0.1) is 18.5 Å². The number of nitrogens with one attached hydrogen (secondary N) is 8. The predicted octanol–water partition coefficient (Wildman–Crippen LogP) is -3.30. The first-order valence-corrected chi connectivity index (χ1v) is 23.5. The third kappa shape index (κ3) is 20.8. The van der Waals surface area contributed by atoms with E-state index >= 15 is 0 Å². The number of quaternary nitrogens is 1. The maximum Gasteiger partial charge on any atom is 0.326 e. The Labute approximate surface area is 419 Å². The molecule has 1 aromatic rings. The zero-order valence-electron chi connectivity index (χ0n) is 42.7. The van der Waals surface area contributed by atoms with Crippen LogP contribution in [0.5, 0.6) is 0 Å². The van der Waals surface area contributed by atoms with Gasteiger partial charge in [0.1, 0.15) is 55.0 Å². The fourth-order valence-electron chi connectivity index (χ4n) is 7.23. The molecule has 0 spiro atoms. The average molecular weight is 1020 g/mol. The highest BCUT2D eigenvalue weighted by Crippen LogP contribution is 2.21. The number of amides is 8. The monoisotopic (exact) mass is 1020 g/mol. The molecule has 2 rings (SSSR count). The number of carboxylic acids is 2. The highest BCUT2D eigenvalue weighted by Gasteiger charge is 2.37. The Morgan fingerprint density at radius 3 is 1.57 bits per heavy atom. The van der Waals surface area contributed by atoms with Gasteiger partial charge in [-0.2, -0.15) is 0 Å². The fraction of sp³-hybridized carbons (Fsp3) is 0.596. The van der Waals surface area contributed by atoms with Crippen molar-refractivity contribution in [2.45, 2.75) is 115 Å². The Morgan fingerprint density at radius 2 is 1.08 bits per heavy atom. The molecule has 1 heterocycles. The van der Waals surface area contributed by atoms with Crippen LogP contribution in [0.15, 0.2) is 42.2 Å². The Kier molecular flexibility index (Phi) is 24.5. The summed E-state index contributed by atoms with van der Waals surface area (Å²) >= 11 is 0. The molecule has 72 heavy (non-hydrogen) atoms. The molecule has 1 aromatic carbocycles. The quantitative estimate of drug-likeness (QED) is 0.0336. The minimum absolute atomic E-state index is 0.0138. The van der Waals surface area contributed by atoms with Crippen molar-refractivity contribution in [2.75, 3.05) is 55.0 Å². The van der Waals surface area contributed by atoms with Gasteiger partial charge in [0.05, 0.1) is 40.8 Å². The topological polar surface area (TPSA) is 354 Å². The van der Waals surface area contributed by atoms with E-state index in [1.165, 1.54) is 6.92 Å². The normalized spacial score (nSPS) is 16.2. The van der Waals surface area contributed by atoms with Gasteiger partial charge in [0.25, 0.3) is 5.91 Å². The molecule has 0 bridgehead atoms. The molecule has 0 aromatic heterocycles. The molecular formula is C47H75N11O14+. The highest BCUT2D eigenvalue weighted by molar-refractivity contribution is 5.98. The van der Waals surface area contributed by atoms with Crippen molar-refractivity contribution in [1.82, 2.24) is 52.3 Å². The van der Waals surface area contributed by atoms with Crippen LogP contribution in [-0.4, -0.2) is 197 Å². The van der Waals surface area contributed by atoms with Crippen LogP contribution in [0.4, 0.5) is 0 Å². The summed E-state index contributed by atoms with van der Waals surface area (Å²) < 4.78 is 0.224. The number of benzene rings is 1. The van der Waals surface area contributed by atoms with Gasteiger partial charge >= 0.3 is 11.9 Å². The van der Waals surface area contributed by atoms with Crippen molar-refractivity contribution < 1.29 is 72.9 Å². The number of likely N-dealkylation sites (N-methyl/N-ethyl adjacent to an activating group) is 1. The van der Waals surface area contributed by atoms with E-state index in [-0.39, 0.29) is 36.2 Å². The van der Waals surface area contributed by atoms with Gasteiger partial charge in [-0.25, -0.2) is 4.79 Å². The number of hydrogen-bond acceptors (Lipinski definition) is 14. The first-order chi connectivity index (χ1) is 33.6. The van der Waals surface area contributed by atoms with Crippen molar-refractivity contribution in [1.29, 1.82) is 0 Å². The van der Waals surface area contributed by atoms with Gasteiger partial charge in [-0.3, -0.25) is 43.2 Å². The van der Waals surface area contributed by atoms with E-state index in [1.54, 1.807) is 116 Å². The third-order valence-electron chi connectivity index (χ3n) is 11.3. The summed E-state index contributed by atoms with van der Waals surface area (Å²) in [4.78, 5) is 135. The molecule has 1 radical (unpaired) electrons. The van der Waals surface area contributed by atoms with Crippen LogP contribution >= 0.6 is 0 Å². The number of aliphatic hydroxyl groups is 2. The fourth-order valence-corrected chi connectivity index (χ4v) is 7.23. The van der Waals surface area contributed by atoms with E-state index in [0.717, 1.165) is 0 Å². The highest BCUT2D eigenvalue weighted by atomic mass is 16.4. The summed E-state index contributed by atoms with van der Waals surface area (Å²) in [6.45, 7) is 7.83. The van der Waals surface area contributed by atoms with Crippen LogP contribution in [0.2, 0.25) is 0 Å². The van der Waals surface area contributed by atoms with Gasteiger partial charge in [0, 0.05) is 38.8 Å². The van der Waals surface area contributed by atoms with E-state index in [2.05, 4.69) is 42.5 Å². The molecule has 401 valence electrons. The lowest BCUT2D eigenvalue weighted by Crippen LogP contribution is -2.61. The molecule has 0 unspecified atom stereocenters. The summed E-state index contributed by atoms with van der Waals surface area (Å²) in [5, 5.41) is 59.1. The standard InChI is InChI=1S/C47H74N11O14/c1-11-27(4)39(46(70)52-33(20-38(62)63)43(67)53-34(47(71)72)17-26(2)3)55-40(64)28(5)48-44(68)36(24-60)54-42(66)32(19-30-21-56(6)25-57(30)7)51-41(65)31(18-29-15-13-12-14-16-29)50-45(69)35(23-59)49-37(61)22-58(8,9)10/h12-16,21,25-28,31-36,39,59-60H,11,17-20,22-24H2,1-10H3,(H9-,48,49,50,51,52,53,54,55,61,62,63,64,65,66,67,68,69,70,71,72)/p+1/t27-,28-,31-,32-,33-,34-,35-,36-,39-/m0/s1. The molecule has 0 saturated heterocycles. The Hall–Kier alpha value is -6.86. The minimum atomic E-state index is -1.74. The number of aliphatic carboxylic acids is 2.